The number of anilines is 1. The third kappa shape index (κ3) is 4.03. The van der Waals surface area contributed by atoms with Gasteiger partial charge in [-0.3, -0.25) is 4.79 Å². The number of rotatable bonds is 4. The number of carbonyl (C=O) groups excluding carboxylic acids is 1. The molecule has 0 heterocycles. The van der Waals surface area contributed by atoms with E-state index >= 15 is 0 Å². The highest BCUT2D eigenvalue weighted by Crippen LogP contribution is 2.11. The van der Waals surface area contributed by atoms with Crippen molar-refractivity contribution in [2.24, 2.45) is 0 Å². The fraction of sp³-hybridized carbons (Fsp3) is 0.417. The molecule has 1 unspecified atom stereocenters. The number of benzene rings is 1. The molecule has 94 valence electrons. The predicted molar refractivity (Wildman–Crippen MR) is 66.3 cm³/mol. The maximum Gasteiger partial charge on any atom is 0.254 e. The quantitative estimate of drug-likeness (QED) is 0.773. The number of nitrogens with two attached hydrogens (primary N) is 1. The minimum atomic E-state index is -0.598. The van der Waals surface area contributed by atoms with E-state index in [1.807, 2.05) is 25.9 Å². The summed E-state index contributed by atoms with van der Waals surface area (Å²) in [5.41, 5.74) is 5.74. The van der Waals surface area contributed by atoms with Crippen molar-refractivity contribution in [1.82, 2.24) is 10.2 Å². The fourth-order valence-corrected chi connectivity index (χ4v) is 1.61. The Balaban J connectivity index is 2.70. The first-order valence-electron chi connectivity index (χ1n) is 5.40. The van der Waals surface area contributed by atoms with E-state index in [9.17, 15) is 9.18 Å². The lowest BCUT2D eigenvalue weighted by molar-refractivity contribution is 0.0930. The Morgan fingerprint density at radius 2 is 2.18 bits per heavy atom. The van der Waals surface area contributed by atoms with E-state index in [1.54, 1.807) is 0 Å². The number of nitrogen functional groups attached to an aromatic ring is 1. The van der Waals surface area contributed by atoms with Crippen LogP contribution in [0.15, 0.2) is 18.2 Å². The summed E-state index contributed by atoms with van der Waals surface area (Å²) in [6.07, 6.45) is 0. The van der Waals surface area contributed by atoms with Crippen molar-refractivity contribution in [1.29, 1.82) is 0 Å². The van der Waals surface area contributed by atoms with E-state index in [2.05, 4.69) is 5.32 Å². The van der Waals surface area contributed by atoms with Crippen LogP contribution < -0.4 is 11.1 Å². The number of nitrogens with one attached hydrogen (secondary N) is 1. The molecule has 1 aromatic carbocycles. The monoisotopic (exact) mass is 239 g/mol. The molecule has 0 radical (unpaired) electrons. The molecule has 0 saturated carbocycles. The molecule has 0 spiro atoms. The number of likely N-dealkylation sites (N-methyl/N-ethyl adjacent to an activating group) is 1. The number of hydrogen-bond acceptors (Lipinski definition) is 3. The highest BCUT2D eigenvalue weighted by Gasteiger charge is 2.14. The zero-order valence-corrected chi connectivity index (χ0v) is 10.3. The zero-order valence-electron chi connectivity index (χ0n) is 10.3. The molecule has 1 atom stereocenters. The lowest BCUT2D eigenvalue weighted by atomic mass is 10.1. The van der Waals surface area contributed by atoms with Gasteiger partial charge in [0.1, 0.15) is 5.82 Å². The van der Waals surface area contributed by atoms with E-state index in [0.717, 1.165) is 6.07 Å². The normalized spacial score (nSPS) is 12.5. The molecule has 5 heteroatoms. The van der Waals surface area contributed by atoms with Crippen molar-refractivity contribution in [3.8, 4) is 0 Å². The average molecular weight is 239 g/mol. The molecule has 1 amide bonds. The van der Waals surface area contributed by atoms with Crippen LogP contribution in [0, 0.1) is 5.82 Å². The number of amides is 1. The lowest BCUT2D eigenvalue weighted by Crippen LogP contribution is -2.39. The Labute approximate surface area is 101 Å². The lowest BCUT2D eigenvalue weighted by Gasteiger charge is -2.18. The average Bonchev–Trinajstić information content (AvgIpc) is 2.15. The first-order valence-corrected chi connectivity index (χ1v) is 5.40. The molecule has 0 aliphatic rings. The van der Waals surface area contributed by atoms with Gasteiger partial charge in [0.15, 0.2) is 0 Å². The van der Waals surface area contributed by atoms with Crippen LogP contribution in [0.5, 0.6) is 0 Å². The van der Waals surface area contributed by atoms with Crippen LogP contribution in [-0.4, -0.2) is 37.5 Å². The van der Waals surface area contributed by atoms with Gasteiger partial charge in [-0.15, -0.1) is 0 Å². The standard InChI is InChI=1S/C12H18FN3O/c1-8(7-16(2)3)15-12(17)10-5-4-9(14)6-11(10)13/h4-6,8H,7,14H2,1-3H3,(H,15,17). The molecule has 3 N–H and O–H groups in total. The van der Waals surface area contributed by atoms with Crippen LogP contribution in [-0.2, 0) is 0 Å². The Kier molecular flexibility index (Phi) is 4.45. The second-order valence-corrected chi connectivity index (χ2v) is 4.38. The molecule has 0 aliphatic heterocycles. The van der Waals surface area contributed by atoms with Crippen molar-refractivity contribution < 1.29 is 9.18 Å². The molecule has 1 rings (SSSR count). The Morgan fingerprint density at radius 3 is 2.71 bits per heavy atom. The van der Waals surface area contributed by atoms with Gasteiger partial charge in [0.05, 0.1) is 5.56 Å². The highest BCUT2D eigenvalue weighted by atomic mass is 19.1. The maximum atomic E-state index is 13.5. The summed E-state index contributed by atoms with van der Waals surface area (Å²) in [6, 6.07) is 4.00. The SMILES string of the molecule is CC(CN(C)C)NC(=O)c1ccc(N)cc1F. The summed E-state index contributed by atoms with van der Waals surface area (Å²) < 4.78 is 13.5. The van der Waals surface area contributed by atoms with Crippen LogP contribution in [0.3, 0.4) is 0 Å². The molecule has 0 saturated heterocycles. The first-order chi connectivity index (χ1) is 7.90. The number of nitrogens with zero attached hydrogens (tertiary/aromatic N) is 1. The molecule has 0 bridgehead atoms. The molecule has 0 aromatic heterocycles. The Hall–Kier alpha value is -1.62. The third-order valence-electron chi connectivity index (χ3n) is 2.25. The van der Waals surface area contributed by atoms with E-state index in [4.69, 9.17) is 5.73 Å². The van der Waals surface area contributed by atoms with Gasteiger partial charge in [0.2, 0.25) is 0 Å². The summed E-state index contributed by atoms with van der Waals surface area (Å²) >= 11 is 0. The van der Waals surface area contributed by atoms with Gasteiger partial charge in [0, 0.05) is 18.3 Å². The van der Waals surface area contributed by atoms with Gasteiger partial charge >= 0.3 is 0 Å². The van der Waals surface area contributed by atoms with Gasteiger partial charge in [-0.2, -0.15) is 0 Å². The topological polar surface area (TPSA) is 58.4 Å². The van der Waals surface area contributed by atoms with Crippen LogP contribution in [0.2, 0.25) is 0 Å². The molecule has 0 aliphatic carbocycles. The number of carbonyl (C=O) groups is 1. The smallest absolute Gasteiger partial charge is 0.254 e. The second kappa shape index (κ2) is 5.63. The van der Waals surface area contributed by atoms with Gasteiger partial charge < -0.3 is 16.0 Å². The van der Waals surface area contributed by atoms with Gasteiger partial charge in [-0.1, -0.05) is 0 Å². The molecular formula is C12H18FN3O. The summed E-state index contributed by atoms with van der Waals surface area (Å²) in [5, 5.41) is 2.73. The van der Waals surface area contributed by atoms with Crippen LogP contribution in [0.1, 0.15) is 17.3 Å². The summed E-state index contributed by atoms with van der Waals surface area (Å²) in [7, 11) is 3.82. The number of halogens is 1. The van der Waals surface area contributed by atoms with Gasteiger partial charge in [0.25, 0.3) is 5.91 Å². The highest BCUT2D eigenvalue weighted by molar-refractivity contribution is 5.94. The van der Waals surface area contributed by atoms with Crippen molar-refractivity contribution in [3.63, 3.8) is 0 Å². The Bertz CT molecular complexity index is 407. The van der Waals surface area contributed by atoms with E-state index in [-0.39, 0.29) is 11.6 Å². The van der Waals surface area contributed by atoms with Crippen molar-refractivity contribution >= 4 is 11.6 Å². The summed E-state index contributed by atoms with van der Waals surface area (Å²) in [6.45, 7) is 2.56. The fourth-order valence-electron chi connectivity index (χ4n) is 1.61. The van der Waals surface area contributed by atoms with Crippen LogP contribution in [0.25, 0.3) is 0 Å². The van der Waals surface area contributed by atoms with E-state index < -0.39 is 11.7 Å². The summed E-state index contributed by atoms with van der Waals surface area (Å²) in [4.78, 5) is 13.7. The van der Waals surface area contributed by atoms with Crippen molar-refractivity contribution in [3.05, 3.63) is 29.6 Å². The first kappa shape index (κ1) is 13.4. The van der Waals surface area contributed by atoms with E-state index in [1.165, 1.54) is 12.1 Å². The Morgan fingerprint density at radius 1 is 1.53 bits per heavy atom. The van der Waals surface area contributed by atoms with Crippen molar-refractivity contribution in [2.75, 3.05) is 26.4 Å². The van der Waals surface area contributed by atoms with Crippen molar-refractivity contribution in [2.45, 2.75) is 13.0 Å². The molecule has 1 aromatic rings. The van der Waals surface area contributed by atoms with Crippen LogP contribution in [0.4, 0.5) is 10.1 Å². The predicted octanol–water partition coefficient (Wildman–Crippen LogP) is 1.09. The minimum Gasteiger partial charge on any atom is -0.399 e. The number of hydrogen-bond donors (Lipinski definition) is 2. The molecule has 0 fully saturated rings. The van der Waals surface area contributed by atoms with E-state index in [0.29, 0.717) is 12.2 Å². The molecular weight excluding hydrogens is 221 g/mol. The van der Waals surface area contributed by atoms with Gasteiger partial charge in [-0.25, -0.2) is 4.39 Å². The third-order valence-corrected chi connectivity index (χ3v) is 2.25. The summed E-state index contributed by atoms with van der Waals surface area (Å²) in [5.74, 6) is -1.02. The zero-order chi connectivity index (χ0) is 13.0. The van der Waals surface area contributed by atoms with Gasteiger partial charge in [-0.05, 0) is 39.2 Å². The largest absolute Gasteiger partial charge is 0.399 e. The van der Waals surface area contributed by atoms with Crippen LogP contribution >= 0.6 is 0 Å². The molecule has 17 heavy (non-hydrogen) atoms. The molecule has 4 nitrogen and oxygen atoms in total. The maximum absolute atomic E-state index is 13.5. The second-order valence-electron chi connectivity index (χ2n) is 4.38. The minimum absolute atomic E-state index is 0.0183.